The van der Waals surface area contributed by atoms with E-state index in [4.69, 9.17) is 0 Å². The fourth-order valence-electron chi connectivity index (χ4n) is 2.79. The lowest BCUT2D eigenvalue weighted by molar-refractivity contribution is 0.0640. The number of carbonyl (C=O) groups is 2. The lowest BCUT2D eigenvalue weighted by Gasteiger charge is -2.15. The molecule has 6 heteroatoms. The number of carbonyl (C=O) groups excluding carboxylic acids is 2. The summed E-state index contributed by atoms with van der Waals surface area (Å²) in [6, 6.07) is 10.5. The number of hydrogen-bond donors (Lipinski definition) is 0. The summed E-state index contributed by atoms with van der Waals surface area (Å²) in [7, 11) is 0. The molecule has 0 saturated heterocycles. The Bertz CT molecular complexity index is 906. The van der Waals surface area contributed by atoms with E-state index < -0.39 is 0 Å². The van der Waals surface area contributed by atoms with E-state index in [0.29, 0.717) is 16.8 Å². The van der Waals surface area contributed by atoms with Crippen molar-refractivity contribution in [1.82, 2.24) is 19.9 Å². The third kappa shape index (κ3) is 2.25. The summed E-state index contributed by atoms with van der Waals surface area (Å²) in [4.78, 5) is 38.6. The summed E-state index contributed by atoms with van der Waals surface area (Å²) in [6.07, 6.45) is 6.44. The van der Waals surface area contributed by atoms with Gasteiger partial charge in [0.1, 0.15) is 6.33 Å². The topological polar surface area (TPSA) is 76.1 Å². The van der Waals surface area contributed by atoms with Crippen LogP contribution in [0.25, 0.3) is 11.1 Å². The van der Waals surface area contributed by atoms with E-state index in [0.717, 1.165) is 11.1 Å². The van der Waals surface area contributed by atoms with Gasteiger partial charge in [-0.05, 0) is 29.8 Å². The van der Waals surface area contributed by atoms with Gasteiger partial charge in [0.2, 0.25) is 0 Å². The molecule has 0 spiro atoms. The van der Waals surface area contributed by atoms with Gasteiger partial charge in [0.15, 0.2) is 0 Å². The van der Waals surface area contributed by atoms with Crippen LogP contribution in [0.3, 0.4) is 0 Å². The van der Waals surface area contributed by atoms with Crippen molar-refractivity contribution in [1.29, 1.82) is 0 Å². The Hall–Kier alpha value is -3.41. The van der Waals surface area contributed by atoms with E-state index in [1.165, 1.54) is 11.2 Å². The number of imide groups is 1. The third-order valence-electron chi connectivity index (χ3n) is 3.97. The van der Waals surface area contributed by atoms with E-state index in [1.54, 1.807) is 42.9 Å². The summed E-state index contributed by atoms with van der Waals surface area (Å²) >= 11 is 0. The summed E-state index contributed by atoms with van der Waals surface area (Å²) in [6.45, 7) is 0.104. The Morgan fingerprint density at radius 1 is 0.833 bits per heavy atom. The molecule has 4 rings (SSSR count). The Morgan fingerprint density at radius 2 is 1.50 bits per heavy atom. The highest BCUT2D eigenvalue weighted by Gasteiger charge is 2.35. The van der Waals surface area contributed by atoms with Crippen LogP contribution >= 0.6 is 0 Å². The summed E-state index contributed by atoms with van der Waals surface area (Å²) in [5, 5.41) is 0. The van der Waals surface area contributed by atoms with Crippen molar-refractivity contribution < 1.29 is 9.59 Å². The van der Waals surface area contributed by atoms with Crippen LogP contribution < -0.4 is 0 Å². The van der Waals surface area contributed by atoms with Crippen LogP contribution in [0.1, 0.15) is 26.4 Å². The molecule has 6 nitrogen and oxygen atoms in total. The van der Waals surface area contributed by atoms with Crippen LogP contribution in [0.4, 0.5) is 0 Å². The molecule has 0 N–H and O–H groups in total. The van der Waals surface area contributed by atoms with E-state index in [9.17, 15) is 9.59 Å². The molecule has 1 aliphatic heterocycles. The quantitative estimate of drug-likeness (QED) is 0.693. The van der Waals surface area contributed by atoms with E-state index in [-0.39, 0.29) is 18.4 Å². The van der Waals surface area contributed by atoms with Gasteiger partial charge in [-0.2, -0.15) is 0 Å². The van der Waals surface area contributed by atoms with Gasteiger partial charge in [0.05, 0.1) is 23.4 Å². The zero-order valence-corrected chi connectivity index (χ0v) is 12.6. The molecular weight excluding hydrogens is 304 g/mol. The maximum atomic E-state index is 12.5. The number of pyridine rings is 1. The normalized spacial score (nSPS) is 13.2. The molecule has 1 aliphatic rings. The average Bonchev–Trinajstić information content (AvgIpc) is 2.88. The van der Waals surface area contributed by atoms with Crippen LogP contribution in [-0.4, -0.2) is 31.7 Å². The summed E-state index contributed by atoms with van der Waals surface area (Å²) in [5.74, 6) is -0.593. The molecule has 0 aliphatic carbocycles. The van der Waals surface area contributed by atoms with Gasteiger partial charge in [-0.15, -0.1) is 0 Å². The fraction of sp³-hybridized carbons (Fsp3) is 0.0556. The van der Waals surface area contributed by atoms with Crippen LogP contribution in [0.15, 0.2) is 61.3 Å². The first-order valence-corrected chi connectivity index (χ1v) is 7.40. The largest absolute Gasteiger partial charge is 0.269 e. The smallest absolute Gasteiger partial charge is 0.261 e. The first-order chi connectivity index (χ1) is 11.8. The first-order valence-electron chi connectivity index (χ1n) is 7.40. The number of nitrogens with zero attached hydrogens (tertiary/aromatic N) is 4. The van der Waals surface area contributed by atoms with Gasteiger partial charge >= 0.3 is 0 Å². The lowest BCUT2D eigenvalue weighted by Crippen LogP contribution is -2.29. The standard InChI is InChI=1S/C18H12N4O2/c23-17-13-3-1-2-4-14(13)18(24)22(17)10-16-15(9-20-11-21-16)12-5-7-19-8-6-12/h1-9,11H,10H2. The van der Waals surface area contributed by atoms with Crippen LogP contribution in [0, 0.1) is 0 Å². The molecule has 0 unspecified atom stereocenters. The highest BCUT2D eigenvalue weighted by Crippen LogP contribution is 2.27. The van der Waals surface area contributed by atoms with Gasteiger partial charge in [-0.25, -0.2) is 9.97 Å². The highest BCUT2D eigenvalue weighted by molar-refractivity contribution is 6.21. The predicted octanol–water partition coefficient (Wildman–Crippen LogP) is 2.33. The van der Waals surface area contributed by atoms with E-state index in [2.05, 4.69) is 15.0 Å². The molecule has 116 valence electrons. The number of hydrogen-bond acceptors (Lipinski definition) is 5. The lowest BCUT2D eigenvalue weighted by atomic mass is 10.1. The van der Waals surface area contributed by atoms with Crippen LogP contribution in [-0.2, 0) is 6.54 Å². The number of benzene rings is 1. The van der Waals surface area contributed by atoms with Crippen molar-refractivity contribution in [3.05, 3.63) is 78.1 Å². The van der Waals surface area contributed by atoms with Gasteiger partial charge in [-0.1, -0.05) is 12.1 Å². The summed E-state index contributed by atoms with van der Waals surface area (Å²) in [5.41, 5.74) is 3.14. The number of fused-ring (bicyclic) bond motifs is 1. The maximum Gasteiger partial charge on any atom is 0.261 e. The second kappa shape index (κ2) is 5.66. The zero-order chi connectivity index (χ0) is 16.5. The number of rotatable bonds is 3. The minimum absolute atomic E-state index is 0.104. The molecule has 0 fully saturated rings. The van der Waals surface area contributed by atoms with Crippen molar-refractivity contribution in [3.63, 3.8) is 0 Å². The monoisotopic (exact) mass is 316 g/mol. The van der Waals surface area contributed by atoms with Crippen molar-refractivity contribution >= 4 is 11.8 Å². The Balaban J connectivity index is 1.71. The third-order valence-corrected chi connectivity index (χ3v) is 3.97. The molecular formula is C18H12N4O2. The number of aromatic nitrogens is 3. The zero-order valence-electron chi connectivity index (χ0n) is 12.6. The van der Waals surface area contributed by atoms with Gasteiger partial charge < -0.3 is 0 Å². The first kappa shape index (κ1) is 14.2. The SMILES string of the molecule is O=C1c2ccccc2C(=O)N1Cc1ncncc1-c1ccncc1. The molecule has 0 bridgehead atoms. The Labute approximate surface area is 137 Å². The van der Waals surface area contributed by atoms with E-state index >= 15 is 0 Å². The van der Waals surface area contributed by atoms with Gasteiger partial charge in [-0.3, -0.25) is 19.5 Å². The molecule has 2 amide bonds. The Morgan fingerprint density at radius 3 is 2.17 bits per heavy atom. The molecule has 0 saturated carbocycles. The summed E-state index contributed by atoms with van der Waals surface area (Å²) < 4.78 is 0. The Kier molecular flexibility index (Phi) is 3.35. The molecule has 24 heavy (non-hydrogen) atoms. The average molecular weight is 316 g/mol. The predicted molar refractivity (Wildman–Crippen MR) is 85.9 cm³/mol. The molecule has 3 aromatic rings. The van der Waals surface area contributed by atoms with Crippen molar-refractivity contribution in [2.75, 3.05) is 0 Å². The van der Waals surface area contributed by atoms with Crippen molar-refractivity contribution in [3.8, 4) is 11.1 Å². The minimum atomic E-state index is -0.296. The van der Waals surface area contributed by atoms with E-state index in [1.807, 2.05) is 12.1 Å². The van der Waals surface area contributed by atoms with Gasteiger partial charge in [0, 0.05) is 24.2 Å². The van der Waals surface area contributed by atoms with Crippen LogP contribution in [0.2, 0.25) is 0 Å². The fourth-order valence-corrected chi connectivity index (χ4v) is 2.79. The molecule has 2 aromatic heterocycles. The highest BCUT2D eigenvalue weighted by atomic mass is 16.2. The second-order valence-corrected chi connectivity index (χ2v) is 5.36. The second-order valence-electron chi connectivity index (χ2n) is 5.36. The maximum absolute atomic E-state index is 12.5. The minimum Gasteiger partial charge on any atom is -0.269 e. The molecule has 3 heterocycles. The van der Waals surface area contributed by atoms with Crippen molar-refractivity contribution in [2.24, 2.45) is 0 Å². The van der Waals surface area contributed by atoms with Crippen LogP contribution in [0.5, 0.6) is 0 Å². The molecule has 0 atom stereocenters. The molecule has 0 radical (unpaired) electrons. The number of amides is 2. The van der Waals surface area contributed by atoms with Crippen molar-refractivity contribution in [2.45, 2.75) is 6.54 Å². The van der Waals surface area contributed by atoms with Gasteiger partial charge in [0.25, 0.3) is 11.8 Å². The molecule has 1 aromatic carbocycles.